The van der Waals surface area contributed by atoms with Crippen LogP contribution >= 0.6 is 23.2 Å². The molecular formula is C32H27B2Cl2N3O7. The molecule has 0 fully saturated rings. The quantitative estimate of drug-likeness (QED) is 0.137. The van der Waals surface area contributed by atoms with E-state index >= 15 is 0 Å². The molecule has 6 rings (SSSR count). The number of fused-ring (bicyclic) bond motifs is 2. The van der Waals surface area contributed by atoms with Gasteiger partial charge in [-0.3, -0.25) is 4.79 Å². The van der Waals surface area contributed by atoms with Gasteiger partial charge in [0.1, 0.15) is 0 Å². The average molecular weight is 658 g/mol. The molecule has 2 aromatic heterocycles. The standard InChI is InChI=1S/C16H14BClN2O3.C16H13BClNO4/c18-14-9-20(8-10-1-4-12(5-2-10)17(22)23)15-6-3-11(16(19)21)7-13(14)15;18-14-9-19(8-10-1-4-12(5-2-10)17(22)23)15-6-3-11(16(20)21)7-13(14)15/h1-7,9,22-23H,8H2,(H2,19,21);1-7,9,22-23H,8H2,(H,20,21). The Morgan fingerprint density at radius 1 is 0.630 bits per heavy atom. The second-order valence-corrected chi connectivity index (χ2v) is 11.4. The number of carbonyl (C=O) groups is 2. The van der Waals surface area contributed by atoms with Crippen LogP contribution in [0.2, 0.25) is 10.0 Å². The molecule has 1 amide bonds. The fourth-order valence-corrected chi connectivity index (χ4v) is 5.58. The number of hydrogen-bond acceptors (Lipinski definition) is 6. The van der Waals surface area contributed by atoms with Gasteiger partial charge in [0.05, 0.1) is 15.6 Å². The number of aromatic nitrogens is 2. The minimum Gasteiger partial charge on any atom is -0.478 e. The van der Waals surface area contributed by atoms with Crippen molar-refractivity contribution in [2.24, 2.45) is 5.73 Å². The van der Waals surface area contributed by atoms with Gasteiger partial charge in [0.2, 0.25) is 5.91 Å². The summed E-state index contributed by atoms with van der Waals surface area (Å²) in [6, 6.07) is 23.9. The van der Waals surface area contributed by atoms with E-state index in [-0.39, 0.29) is 5.56 Å². The largest absolute Gasteiger partial charge is 0.488 e. The van der Waals surface area contributed by atoms with Gasteiger partial charge < -0.3 is 40.1 Å². The fraction of sp³-hybridized carbons (Fsp3) is 0.0625. The van der Waals surface area contributed by atoms with Gasteiger partial charge in [0.15, 0.2) is 0 Å². The molecule has 0 aliphatic carbocycles. The van der Waals surface area contributed by atoms with E-state index in [2.05, 4.69) is 0 Å². The molecule has 0 saturated carbocycles. The zero-order chi connectivity index (χ0) is 33.1. The predicted octanol–water partition coefficient (Wildman–Crippen LogP) is 2.84. The van der Waals surface area contributed by atoms with Crippen LogP contribution in [-0.2, 0) is 13.1 Å². The molecular weight excluding hydrogens is 631 g/mol. The highest BCUT2D eigenvalue weighted by Gasteiger charge is 2.14. The molecule has 0 saturated heterocycles. The number of rotatable bonds is 8. The van der Waals surface area contributed by atoms with Crippen LogP contribution in [-0.4, -0.2) is 60.5 Å². The van der Waals surface area contributed by atoms with E-state index < -0.39 is 26.1 Å². The van der Waals surface area contributed by atoms with E-state index in [0.29, 0.717) is 45.0 Å². The van der Waals surface area contributed by atoms with Gasteiger partial charge in [-0.1, -0.05) is 71.7 Å². The highest BCUT2D eigenvalue weighted by atomic mass is 35.5. The van der Waals surface area contributed by atoms with E-state index in [1.165, 1.54) is 0 Å². The number of carboxylic acid groups (broad SMARTS) is 1. The van der Waals surface area contributed by atoms with Gasteiger partial charge in [-0.05, 0) is 58.5 Å². The van der Waals surface area contributed by atoms with Crippen LogP contribution in [0.15, 0.2) is 97.3 Å². The van der Waals surface area contributed by atoms with Crippen molar-refractivity contribution in [1.82, 2.24) is 9.13 Å². The maximum atomic E-state index is 11.3. The first-order valence-corrected chi connectivity index (χ1v) is 14.7. The van der Waals surface area contributed by atoms with Gasteiger partial charge in [0, 0.05) is 52.9 Å². The number of halogens is 2. The third-order valence-electron chi connectivity index (χ3n) is 7.46. The minimum atomic E-state index is -1.49. The molecule has 0 bridgehead atoms. The maximum Gasteiger partial charge on any atom is 0.488 e. The summed E-state index contributed by atoms with van der Waals surface area (Å²) < 4.78 is 3.89. The van der Waals surface area contributed by atoms with Gasteiger partial charge in [-0.25, -0.2) is 4.79 Å². The molecule has 0 unspecified atom stereocenters. The summed E-state index contributed by atoms with van der Waals surface area (Å²) in [5.74, 6) is -1.48. The Balaban J connectivity index is 0.000000181. The Hall–Kier alpha value is -4.55. The monoisotopic (exact) mass is 657 g/mol. The van der Waals surface area contributed by atoms with Crippen molar-refractivity contribution in [3.8, 4) is 0 Å². The third kappa shape index (κ3) is 7.29. The summed E-state index contributed by atoms with van der Waals surface area (Å²) in [4.78, 5) is 22.3. The van der Waals surface area contributed by atoms with Crippen molar-refractivity contribution >= 4 is 82.0 Å². The van der Waals surface area contributed by atoms with E-state index in [9.17, 15) is 9.59 Å². The molecule has 0 spiro atoms. The Labute approximate surface area is 273 Å². The van der Waals surface area contributed by atoms with Crippen LogP contribution in [0.4, 0.5) is 0 Å². The second kappa shape index (κ2) is 13.8. The average Bonchev–Trinajstić information content (AvgIpc) is 3.52. The minimum absolute atomic E-state index is 0.193. The zero-order valence-corrected chi connectivity index (χ0v) is 25.6. The topological polar surface area (TPSA) is 171 Å². The van der Waals surface area contributed by atoms with Gasteiger partial charge in [-0.15, -0.1) is 0 Å². The molecule has 4 aromatic carbocycles. The molecule has 0 atom stereocenters. The fourth-order valence-electron chi connectivity index (χ4n) is 5.04. The van der Waals surface area contributed by atoms with E-state index in [0.717, 1.165) is 27.5 Å². The molecule has 232 valence electrons. The number of hydrogen-bond donors (Lipinski definition) is 6. The Morgan fingerprint density at radius 3 is 1.39 bits per heavy atom. The molecule has 6 aromatic rings. The first kappa shape index (κ1) is 32.8. The summed E-state index contributed by atoms with van der Waals surface area (Å²) >= 11 is 12.5. The second-order valence-electron chi connectivity index (χ2n) is 10.6. The van der Waals surface area contributed by atoms with Crippen molar-refractivity contribution in [3.05, 3.63) is 130 Å². The predicted molar refractivity (Wildman–Crippen MR) is 180 cm³/mol. The Bertz CT molecular complexity index is 1900. The lowest BCUT2D eigenvalue weighted by molar-refractivity contribution is 0.0696. The molecule has 0 aliphatic rings. The number of primary amides is 1. The van der Waals surface area contributed by atoms with Crippen molar-refractivity contribution in [1.29, 1.82) is 0 Å². The number of aromatic carboxylic acids is 1. The molecule has 10 nitrogen and oxygen atoms in total. The number of nitrogens with two attached hydrogens (primary N) is 1. The SMILES string of the molecule is NC(=O)c1ccc2c(c1)c(Cl)cn2Cc1ccc(B(O)O)cc1.O=C(O)c1ccc2c(c1)c(Cl)cn2Cc1ccc(B(O)O)cc1. The van der Waals surface area contributed by atoms with Crippen LogP contribution < -0.4 is 16.7 Å². The molecule has 7 N–H and O–H groups in total. The molecule has 0 aliphatic heterocycles. The van der Waals surface area contributed by atoms with E-state index in [1.807, 2.05) is 27.3 Å². The van der Waals surface area contributed by atoms with Crippen LogP contribution in [0.5, 0.6) is 0 Å². The number of benzene rings is 4. The number of carboxylic acids is 1. The van der Waals surface area contributed by atoms with Crippen molar-refractivity contribution < 1.29 is 34.8 Å². The lowest BCUT2D eigenvalue weighted by Crippen LogP contribution is -2.29. The van der Waals surface area contributed by atoms with E-state index in [4.69, 9.17) is 54.1 Å². The smallest absolute Gasteiger partial charge is 0.478 e. The number of nitrogens with zero attached hydrogens (tertiary/aromatic N) is 2. The lowest BCUT2D eigenvalue weighted by Gasteiger charge is -2.07. The van der Waals surface area contributed by atoms with Crippen LogP contribution in [0, 0.1) is 0 Å². The normalized spacial score (nSPS) is 10.9. The first-order chi connectivity index (χ1) is 21.9. The van der Waals surface area contributed by atoms with Crippen LogP contribution in [0.3, 0.4) is 0 Å². The van der Waals surface area contributed by atoms with E-state index in [1.54, 1.807) is 79.1 Å². The maximum absolute atomic E-state index is 11.3. The molecule has 0 radical (unpaired) electrons. The number of carbonyl (C=O) groups excluding carboxylic acids is 1. The Morgan fingerprint density at radius 2 is 1.02 bits per heavy atom. The van der Waals surface area contributed by atoms with Gasteiger partial charge >= 0.3 is 20.2 Å². The third-order valence-corrected chi connectivity index (χ3v) is 8.06. The summed E-state index contributed by atoms with van der Waals surface area (Å²) in [6.45, 7) is 1.11. The summed E-state index contributed by atoms with van der Waals surface area (Å²) in [6.07, 6.45) is 3.55. The highest BCUT2D eigenvalue weighted by molar-refractivity contribution is 6.58. The van der Waals surface area contributed by atoms with Crippen molar-refractivity contribution in [3.63, 3.8) is 0 Å². The zero-order valence-electron chi connectivity index (χ0n) is 24.1. The molecule has 14 heteroatoms. The summed E-state index contributed by atoms with van der Waals surface area (Å²) in [7, 11) is -2.96. The van der Waals surface area contributed by atoms with Gasteiger partial charge in [0.25, 0.3) is 0 Å². The summed E-state index contributed by atoms with van der Waals surface area (Å²) in [5.41, 5.74) is 10.5. The van der Waals surface area contributed by atoms with Crippen molar-refractivity contribution in [2.45, 2.75) is 13.1 Å². The molecule has 2 heterocycles. The number of amides is 1. The van der Waals surface area contributed by atoms with Gasteiger partial charge in [-0.2, -0.15) is 0 Å². The summed E-state index contributed by atoms with van der Waals surface area (Å²) in [5, 5.41) is 48.0. The van der Waals surface area contributed by atoms with Crippen LogP contribution in [0.25, 0.3) is 21.8 Å². The Kier molecular flexibility index (Phi) is 9.88. The highest BCUT2D eigenvalue weighted by Crippen LogP contribution is 2.29. The molecule has 46 heavy (non-hydrogen) atoms. The first-order valence-electron chi connectivity index (χ1n) is 13.9. The van der Waals surface area contributed by atoms with Crippen LogP contribution in [0.1, 0.15) is 31.8 Å². The lowest BCUT2D eigenvalue weighted by atomic mass is 9.80. The van der Waals surface area contributed by atoms with Crippen molar-refractivity contribution in [2.75, 3.05) is 0 Å².